The molecular formula is C17H20BrN3O3. The monoisotopic (exact) mass is 393 g/mol. The Kier molecular flexibility index (Phi) is 6.99. The molecule has 2 amide bonds. The number of unbranched alkanes of at least 4 members (excludes halogenated alkanes) is 2. The van der Waals surface area contributed by atoms with E-state index in [1.165, 1.54) is 6.26 Å². The third-order valence-corrected chi connectivity index (χ3v) is 4.15. The van der Waals surface area contributed by atoms with Gasteiger partial charge >= 0.3 is 0 Å². The molecule has 24 heavy (non-hydrogen) atoms. The molecule has 0 fully saturated rings. The summed E-state index contributed by atoms with van der Waals surface area (Å²) < 4.78 is 5.40. The minimum Gasteiger partial charge on any atom is -0.363 e. The second-order valence-electron chi connectivity index (χ2n) is 5.35. The molecule has 0 aliphatic rings. The normalized spacial score (nSPS) is 10.4. The van der Waals surface area contributed by atoms with E-state index in [-0.39, 0.29) is 18.4 Å². The summed E-state index contributed by atoms with van der Waals surface area (Å²) in [7, 11) is 0. The van der Waals surface area contributed by atoms with Crippen molar-refractivity contribution < 1.29 is 14.1 Å². The van der Waals surface area contributed by atoms with Gasteiger partial charge in [0.1, 0.15) is 12.8 Å². The van der Waals surface area contributed by atoms with Gasteiger partial charge in [-0.25, -0.2) is 0 Å². The Morgan fingerprint density at radius 3 is 2.71 bits per heavy atom. The lowest BCUT2D eigenvalue weighted by Gasteiger charge is -2.22. The van der Waals surface area contributed by atoms with E-state index in [0.29, 0.717) is 22.4 Å². The van der Waals surface area contributed by atoms with E-state index in [1.54, 1.807) is 23.1 Å². The van der Waals surface area contributed by atoms with Crippen LogP contribution in [0.1, 0.15) is 36.5 Å². The Labute approximate surface area is 149 Å². The quantitative estimate of drug-likeness (QED) is 0.693. The molecule has 0 saturated carbocycles. The second-order valence-corrected chi connectivity index (χ2v) is 6.20. The van der Waals surface area contributed by atoms with Gasteiger partial charge in [0, 0.05) is 17.1 Å². The number of anilines is 1. The van der Waals surface area contributed by atoms with Gasteiger partial charge in [-0.3, -0.25) is 9.59 Å². The molecule has 7 heteroatoms. The lowest BCUT2D eigenvalue weighted by atomic mass is 10.1. The summed E-state index contributed by atoms with van der Waals surface area (Å²) >= 11 is 3.39. The lowest BCUT2D eigenvalue weighted by molar-refractivity contribution is -0.117. The number of carbonyl (C=O) groups is 2. The molecular weight excluding hydrogens is 374 g/mol. The highest BCUT2D eigenvalue weighted by Gasteiger charge is 2.20. The van der Waals surface area contributed by atoms with Crippen LogP contribution >= 0.6 is 15.9 Å². The van der Waals surface area contributed by atoms with Crippen LogP contribution in [0.5, 0.6) is 0 Å². The van der Waals surface area contributed by atoms with E-state index in [4.69, 9.17) is 0 Å². The maximum atomic E-state index is 12.8. The number of amides is 2. The van der Waals surface area contributed by atoms with Crippen LogP contribution in [0.3, 0.4) is 0 Å². The van der Waals surface area contributed by atoms with Gasteiger partial charge in [0.15, 0.2) is 5.82 Å². The molecule has 0 aliphatic heterocycles. The van der Waals surface area contributed by atoms with E-state index in [0.717, 1.165) is 19.3 Å². The largest absolute Gasteiger partial charge is 0.363 e. The molecule has 1 N–H and O–H groups in total. The molecule has 0 aliphatic carbocycles. The minimum atomic E-state index is -0.305. The predicted molar refractivity (Wildman–Crippen MR) is 94.7 cm³/mol. The fourth-order valence-electron chi connectivity index (χ4n) is 2.24. The van der Waals surface area contributed by atoms with Gasteiger partial charge in [-0.05, 0) is 34.5 Å². The zero-order valence-corrected chi connectivity index (χ0v) is 15.1. The number of nitrogens with zero attached hydrogens (tertiary/aromatic N) is 2. The molecule has 0 saturated heterocycles. The third kappa shape index (κ3) is 5.19. The first kappa shape index (κ1) is 18.2. The number of hydrogen-bond donors (Lipinski definition) is 1. The molecule has 0 spiro atoms. The Hall–Kier alpha value is -2.15. The highest BCUT2D eigenvalue weighted by molar-refractivity contribution is 9.10. The van der Waals surface area contributed by atoms with E-state index in [1.807, 2.05) is 12.1 Å². The Morgan fingerprint density at radius 1 is 1.25 bits per heavy atom. The minimum absolute atomic E-state index is 0.0310. The topological polar surface area (TPSA) is 75.4 Å². The van der Waals surface area contributed by atoms with E-state index in [2.05, 4.69) is 37.9 Å². The van der Waals surface area contributed by atoms with Crippen molar-refractivity contribution in [2.24, 2.45) is 0 Å². The zero-order valence-electron chi connectivity index (χ0n) is 13.5. The highest BCUT2D eigenvalue weighted by atomic mass is 79.9. The Balaban J connectivity index is 2.07. The van der Waals surface area contributed by atoms with Crippen LogP contribution in [0.4, 0.5) is 5.82 Å². The van der Waals surface area contributed by atoms with Crippen LogP contribution in [0.2, 0.25) is 0 Å². The Bertz CT molecular complexity index is 673. The maximum absolute atomic E-state index is 12.8. The van der Waals surface area contributed by atoms with Crippen molar-refractivity contribution in [3.05, 3.63) is 46.6 Å². The van der Waals surface area contributed by atoms with Crippen molar-refractivity contribution in [2.75, 3.05) is 18.4 Å². The smallest absolute Gasteiger partial charge is 0.255 e. The van der Waals surface area contributed by atoms with E-state index >= 15 is 0 Å². The van der Waals surface area contributed by atoms with Gasteiger partial charge < -0.3 is 14.7 Å². The Morgan fingerprint density at radius 2 is 2.04 bits per heavy atom. The summed E-state index contributed by atoms with van der Waals surface area (Å²) in [5, 5.41) is 6.25. The zero-order chi connectivity index (χ0) is 17.4. The summed E-state index contributed by atoms with van der Waals surface area (Å²) in [4.78, 5) is 26.5. The summed E-state index contributed by atoms with van der Waals surface area (Å²) in [6, 6.07) is 8.76. The van der Waals surface area contributed by atoms with Crippen molar-refractivity contribution in [3.8, 4) is 0 Å². The molecule has 1 heterocycles. The molecule has 0 unspecified atom stereocenters. The average Bonchev–Trinajstić information content (AvgIpc) is 3.07. The molecule has 6 nitrogen and oxygen atoms in total. The van der Waals surface area contributed by atoms with Crippen molar-refractivity contribution in [1.82, 2.24) is 10.1 Å². The number of nitrogens with one attached hydrogen (secondary N) is 1. The van der Waals surface area contributed by atoms with Gasteiger partial charge in [-0.2, -0.15) is 0 Å². The van der Waals surface area contributed by atoms with Gasteiger partial charge in [0.25, 0.3) is 5.91 Å². The second kappa shape index (κ2) is 9.22. The van der Waals surface area contributed by atoms with Crippen LogP contribution in [-0.4, -0.2) is 35.0 Å². The standard InChI is InChI=1S/C17H20BrN3O3/c1-2-3-6-10-21(12-16(22)19-15-9-11-24-20-15)17(23)13-7-4-5-8-14(13)18/h4-5,7-9,11H,2-3,6,10,12H2,1H3,(H,19,20,22). The molecule has 1 aromatic carbocycles. The molecule has 0 radical (unpaired) electrons. The molecule has 0 bridgehead atoms. The highest BCUT2D eigenvalue weighted by Crippen LogP contribution is 2.18. The number of benzene rings is 1. The van der Waals surface area contributed by atoms with Crippen molar-refractivity contribution in [1.29, 1.82) is 0 Å². The number of halogens is 1. The van der Waals surface area contributed by atoms with Gasteiger partial charge in [0.2, 0.25) is 5.91 Å². The molecule has 1 aromatic heterocycles. The lowest BCUT2D eigenvalue weighted by Crippen LogP contribution is -2.38. The van der Waals surface area contributed by atoms with Gasteiger partial charge in [-0.1, -0.05) is 37.1 Å². The van der Waals surface area contributed by atoms with Crippen molar-refractivity contribution in [2.45, 2.75) is 26.2 Å². The fourth-order valence-corrected chi connectivity index (χ4v) is 2.70. The van der Waals surface area contributed by atoms with Crippen LogP contribution in [0.15, 0.2) is 45.6 Å². The first-order valence-corrected chi connectivity index (χ1v) is 8.65. The molecule has 2 aromatic rings. The van der Waals surface area contributed by atoms with Gasteiger partial charge in [-0.15, -0.1) is 0 Å². The van der Waals surface area contributed by atoms with E-state index in [9.17, 15) is 9.59 Å². The predicted octanol–water partition coefficient (Wildman–Crippen LogP) is 3.71. The van der Waals surface area contributed by atoms with Crippen LogP contribution in [0.25, 0.3) is 0 Å². The first-order chi connectivity index (χ1) is 11.6. The van der Waals surface area contributed by atoms with Crippen molar-refractivity contribution in [3.63, 3.8) is 0 Å². The van der Waals surface area contributed by atoms with Gasteiger partial charge in [0.05, 0.1) is 5.56 Å². The SMILES string of the molecule is CCCCCN(CC(=O)Nc1ccon1)C(=O)c1ccccc1Br. The average molecular weight is 394 g/mol. The van der Waals surface area contributed by atoms with Crippen LogP contribution < -0.4 is 5.32 Å². The number of hydrogen-bond acceptors (Lipinski definition) is 4. The molecule has 0 atom stereocenters. The maximum Gasteiger partial charge on any atom is 0.255 e. The number of rotatable bonds is 8. The third-order valence-electron chi connectivity index (χ3n) is 3.46. The first-order valence-electron chi connectivity index (χ1n) is 7.86. The molecule has 128 valence electrons. The molecule has 2 rings (SSSR count). The van der Waals surface area contributed by atoms with Crippen molar-refractivity contribution >= 4 is 33.6 Å². The fraction of sp³-hybridized carbons (Fsp3) is 0.353. The number of aromatic nitrogens is 1. The summed E-state index contributed by atoms with van der Waals surface area (Å²) in [5.74, 6) is -0.142. The van der Waals surface area contributed by atoms with E-state index < -0.39 is 0 Å². The summed E-state index contributed by atoms with van der Waals surface area (Å²) in [6.45, 7) is 2.59. The summed E-state index contributed by atoms with van der Waals surface area (Å²) in [5.41, 5.74) is 0.545. The van der Waals surface area contributed by atoms with Crippen LogP contribution in [0, 0.1) is 0 Å². The summed E-state index contributed by atoms with van der Waals surface area (Å²) in [6.07, 6.45) is 4.28. The number of carbonyl (C=O) groups excluding carboxylic acids is 2. The van der Waals surface area contributed by atoms with Crippen LogP contribution in [-0.2, 0) is 4.79 Å².